The van der Waals surface area contributed by atoms with Gasteiger partial charge in [-0.05, 0) is 31.6 Å². The van der Waals surface area contributed by atoms with Gasteiger partial charge in [0.25, 0.3) is 0 Å². The van der Waals surface area contributed by atoms with Gasteiger partial charge in [-0.2, -0.15) is 0 Å². The van der Waals surface area contributed by atoms with E-state index in [2.05, 4.69) is 21.7 Å². The molecule has 0 amide bonds. The van der Waals surface area contributed by atoms with Gasteiger partial charge in [0.15, 0.2) is 0 Å². The molecule has 2 rings (SSSR count). The van der Waals surface area contributed by atoms with Crippen LogP contribution in [-0.2, 0) is 5.88 Å². The van der Waals surface area contributed by atoms with Crippen LogP contribution in [0.5, 0.6) is 0 Å². The molecule has 0 aliphatic heterocycles. The van der Waals surface area contributed by atoms with Gasteiger partial charge in [-0.3, -0.25) is 0 Å². The van der Waals surface area contributed by atoms with Crippen LogP contribution in [-0.4, -0.2) is 14.8 Å². The first-order valence-electron chi connectivity index (χ1n) is 6.29. The summed E-state index contributed by atoms with van der Waals surface area (Å²) < 4.78 is 2.18. The first-order valence-corrected chi connectivity index (χ1v) is 6.83. The van der Waals surface area contributed by atoms with E-state index in [0.29, 0.717) is 11.9 Å². The Kier molecular flexibility index (Phi) is 4.22. The zero-order valence-electron chi connectivity index (χ0n) is 9.90. The van der Waals surface area contributed by atoms with Gasteiger partial charge in [0.05, 0.1) is 5.88 Å². The van der Waals surface area contributed by atoms with Crippen LogP contribution >= 0.6 is 11.6 Å². The van der Waals surface area contributed by atoms with E-state index in [-0.39, 0.29) is 0 Å². The van der Waals surface area contributed by atoms with Crippen LogP contribution in [0.2, 0.25) is 0 Å². The lowest BCUT2D eigenvalue weighted by atomic mass is 9.83. The molecule has 0 radical (unpaired) electrons. The molecule has 3 nitrogen and oxygen atoms in total. The van der Waals surface area contributed by atoms with Crippen molar-refractivity contribution in [2.75, 3.05) is 0 Å². The van der Waals surface area contributed by atoms with Crippen molar-refractivity contribution < 1.29 is 0 Å². The average Bonchev–Trinajstić information content (AvgIpc) is 2.78. The van der Waals surface area contributed by atoms with Crippen LogP contribution in [0, 0.1) is 5.92 Å². The third-order valence-corrected chi connectivity index (χ3v) is 3.91. The first kappa shape index (κ1) is 11.9. The third kappa shape index (κ3) is 2.57. The van der Waals surface area contributed by atoms with E-state index in [4.69, 9.17) is 11.6 Å². The van der Waals surface area contributed by atoms with E-state index in [9.17, 15) is 0 Å². The molecule has 1 aliphatic carbocycles. The smallest absolute Gasteiger partial charge is 0.148 e. The van der Waals surface area contributed by atoms with E-state index in [1.165, 1.54) is 38.5 Å². The number of aromatic nitrogens is 3. The molecular weight excluding hydrogens is 222 g/mol. The van der Waals surface area contributed by atoms with Gasteiger partial charge in [0.2, 0.25) is 0 Å². The van der Waals surface area contributed by atoms with E-state index in [0.717, 1.165) is 11.7 Å². The monoisotopic (exact) mass is 241 g/mol. The zero-order chi connectivity index (χ0) is 11.4. The SMILES string of the molecule is CCCC1CCC(n2cnnc2CCl)CC1. The fourth-order valence-corrected chi connectivity index (χ4v) is 2.98. The van der Waals surface area contributed by atoms with E-state index in [1.54, 1.807) is 0 Å². The predicted octanol–water partition coefficient (Wildman–Crippen LogP) is 3.55. The standard InChI is InChI=1S/C12H20ClN3/c1-2-3-10-4-6-11(7-5-10)16-9-14-15-12(16)8-13/h9-11H,2-8H2,1H3. The first-order chi connectivity index (χ1) is 7.85. The summed E-state index contributed by atoms with van der Waals surface area (Å²) in [6.07, 6.45) is 9.74. The average molecular weight is 242 g/mol. The van der Waals surface area contributed by atoms with Crippen LogP contribution < -0.4 is 0 Å². The third-order valence-electron chi connectivity index (χ3n) is 3.67. The Morgan fingerprint density at radius 2 is 2.12 bits per heavy atom. The van der Waals surface area contributed by atoms with Crippen LogP contribution in [0.3, 0.4) is 0 Å². The molecule has 0 atom stereocenters. The summed E-state index contributed by atoms with van der Waals surface area (Å²) in [7, 11) is 0. The van der Waals surface area contributed by atoms with Crippen molar-refractivity contribution in [2.24, 2.45) is 5.92 Å². The highest BCUT2D eigenvalue weighted by atomic mass is 35.5. The molecule has 1 aliphatic rings. The summed E-state index contributed by atoms with van der Waals surface area (Å²) >= 11 is 5.85. The number of rotatable bonds is 4. The van der Waals surface area contributed by atoms with Gasteiger partial charge in [-0.25, -0.2) is 0 Å². The van der Waals surface area contributed by atoms with Crippen molar-refractivity contribution in [3.05, 3.63) is 12.2 Å². The lowest BCUT2D eigenvalue weighted by Crippen LogP contribution is -2.19. The summed E-state index contributed by atoms with van der Waals surface area (Å²) in [6, 6.07) is 0.580. The second kappa shape index (κ2) is 5.67. The van der Waals surface area contributed by atoms with Crippen molar-refractivity contribution in [1.82, 2.24) is 14.8 Å². The largest absolute Gasteiger partial charge is 0.313 e. The summed E-state index contributed by atoms with van der Waals surface area (Å²) in [5, 5.41) is 8.00. The number of halogens is 1. The maximum Gasteiger partial charge on any atom is 0.148 e. The van der Waals surface area contributed by atoms with Gasteiger partial charge in [-0.15, -0.1) is 21.8 Å². The van der Waals surface area contributed by atoms with Gasteiger partial charge >= 0.3 is 0 Å². The van der Waals surface area contributed by atoms with Crippen LogP contribution in [0.1, 0.15) is 57.3 Å². The molecule has 0 saturated heterocycles. The highest BCUT2D eigenvalue weighted by Gasteiger charge is 2.23. The molecular formula is C12H20ClN3. The van der Waals surface area contributed by atoms with Gasteiger partial charge in [0, 0.05) is 6.04 Å². The molecule has 1 aromatic rings. The minimum absolute atomic E-state index is 0.467. The Morgan fingerprint density at radius 3 is 2.75 bits per heavy atom. The second-order valence-corrected chi connectivity index (χ2v) is 5.02. The Morgan fingerprint density at radius 1 is 1.38 bits per heavy atom. The molecule has 0 aromatic carbocycles. The van der Waals surface area contributed by atoms with Crippen LogP contribution in [0.15, 0.2) is 6.33 Å². The van der Waals surface area contributed by atoms with Crippen LogP contribution in [0.25, 0.3) is 0 Å². The van der Waals surface area contributed by atoms with Crippen molar-refractivity contribution in [1.29, 1.82) is 0 Å². The molecule has 0 bridgehead atoms. The van der Waals surface area contributed by atoms with E-state index in [1.807, 2.05) is 6.33 Å². The molecule has 90 valence electrons. The molecule has 0 spiro atoms. The lowest BCUT2D eigenvalue weighted by molar-refractivity contribution is 0.259. The Hall–Kier alpha value is -0.570. The van der Waals surface area contributed by atoms with E-state index >= 15 is 0 Å². The Labute approximate surface area is 102 Å². The minimum atomic E-state index is 0.467. The molecule has 1 aromatic heterocycles. The molecule has 1 fully saturated rings. The Bertz CT molecular complexity index is 316. The normalized spacial score (nSPS) is 25.9. The molecule has 4 heteroatoms. The summed E-state index contributed by atoms with van der Waals surface area (Å²) in [6.45, 7) is 2.28. The summed E-state index contributed by atoms with van der Waals surface area (Å²) in [5.74, 6) is 2.33. The Balaban J connectivity index is 1.93. The van der Waals surface area contributed by atoms with Gasteiger partial charge < -0.3 is 4.57 Å². The number of alkyl halides is 1. The molecule has 0 N–H and O–H groups in total. The predicted molar refractivity (Wildman–Crippen MR) is 65.5 cm³/mol. The fraction of sp³-hybridized carbons (Fsp3) is 0.833. The number of nitrogens with zero attached hydrogens (tertiary/aromatic N) is 3. The summed E-state index contributed by atoms with van der Waals surface area (Å²) in [4.78, 5) is 0. The molecule has 16 heavy (non-hydrogen) atoms. The lowest BCUT2D eigenvalue weighted by Gasteiger charge is -2.29. The maximum atomic E-state index is 5.85. The summed E-state index contributed by atoms with van der Waals surface area (Å²) in [5.41, 5.74) is 0. The topological polar surface area (TPSA) is 30.7 Å². The molecule has 1 saturated carbocycles. The quantitative estimate of drug-likeness (QED) is 0.755. The molecule has 1 heterocycles. The van der Waals surface area contributed by atoms with Crippen molar-refractivity contribution in [3.8, 4) is 0 Å². The molecule has 0 unspecified atom stereocenters. The number of hydrogen-bond donors (Lipinski definition) is 0. The maximum absolute atomic E-state index is 5.85. The highest BCUT2D eigenvalue weighted by molar-refractivity contribution is 6.16. The van der Waals surface area contributed by atoms with Crippen molar-refractivity contribution in [3.63, 3.8) is 0 Å². The zero-order valence-corrected chi connectivity index (χ0v) is 10.7. The van der Waals surface area contributed by atoms with E-state index < -0.39 is 0 Å². The highest BCUT2D eigenvalue weighted by Crippen LogP contribution is 2.34. The van der Waals surface area contributed by atoms with Gasteiger partial charge in [0.1, 0.15) is 12.2 Å². The number of hydrogen-bond acceptors (Lipinski definition) is 2. The fourth-order valence-electron chi connectivity index (χ4n) is 2.79. The van der Waals surface area contributed by atoms with Crippen molar-refractivity contribution >= 4 is 11.6 Å². The van der Waals surface area contributed by atoms with Gasteiger partial charge in [-0.1, -0.05) is 19.8 Å². The van der Waals surface area contributed by atoms with Crippen LogP contribution in [0.4, 0.5) is 0 Å². The second-order valence-electron chi connectivity index (χ2n) is 4.75. The minimum Gasteiger partial charge on any atom is -0.313 e. The van der Waals surface area contributed by atoms with Crippen molar-refractivity contribution in [2.45, 2.75) is 57.4 Å².